The smallest absolute Gasteiger partial charge is 0.238 e. The molecule has 1 heterocycles. The first-order valence-electron chi connectivity index (χ1n) is 5.12. The van der Waals surface area contributed by atoms with Crippen LogP contribution in [0.2, 0.25) is 10.0 Å². The summed E-state index contributed by atoms with van der Waals surface area (Å²) in [5.74, 6) is 0.954. The van der Waals surface area contributed by atoms with Crippen molar-refractivity contribution in [2.75, 3.05) is 18.2 Å². The van der Waals surface area contributed by atoms with Crippen LogP contribution in [-0.2, 0) is 0 Å². The number of nitrogens with zero attached hydrogens (tertiary/aromatic N) is 1. The highest BCUT2D eigenvalue weighted by molar-refractivity contribution is 6.36. The van der Waals surface area contributed by atoms with Crippen molar-refractivity contribution in [2.24, 2.45) is 0 Å². The van der Waals surface area contributed by atoms with E-state index in [-0.39, 0.29) is 0 Å². The van der Waals surface area contributed by atoms with Gasteiger partial charge in [0.25, 0.3) is 0 Å². The van der Waals surface area contributed by atoms with Gasteiger partial charge in [0.2, 0.25) is 5.88 Å². The molecule has 0 unspecified atom stereocenters. The number of pyridine rings is 1. The van der Waals surface area contributed by atoms with Gasteiger partial charge in [-0.15, -0.1) is 0 Å². The average Bonchev–Trinajstić information content (AvgIpc) is 2.35. The third kappa shape index (κ3) is 2.78. The summed E-state index contributed by atoms with van der Waals surface area (Å²) in [6, 6.07) is 8.61. The summed E-state index contributed by atoms with van der Waals surface area (Å²) < 4.78 is 5.04. The fraction of sp³-hybridized carbons (Fsp3) is 0.0833. The molecule has 1 aromatic heterocycles. The van der Waals surface area contributed by atoms with E-state index in [2.05, 4.69) is 10.3 Å². The Bertz CT molecular complexity index is 575. The number of rotatable bonds is 3. The maximum atomic E-state index is 6.05. The lowest BCUT2D eigenvalue weighted by Crippen LogP contribution is -1.99. The van der Waals surface area contributed by atoms with Crippen molar-refractivity contribution in [2.45, 2.75) is 0 Å². The topological polar surface area (TPSA) is 60.2 Å². The van der Waals surface area contributed by atoms with E-state index in [1.165, 1.54) is 7.11 Å². The van der Waals surface area contributed by atoms with Gasteiger partial charge in [-0.3, -0.25) is 0 Å². The summed E-state index contributed by atoms with van der Waals surface area (Å²) in [6.45, 7) is 0. The van der Waals surface area contributed by atoms with Crippen molar-refractivity contribution in [1.82, 2.24) is 4.98 Å². The van der Waals surface area contributed by atoms with E-state index < -0.39 is 0 Å². The van der Waals surface area contributed by atoms with E-state index in [1.54, 1.807) is 30.3 Å². The second kappa shape index (κ2) is 5.33. The van der Waals surface area contributed by atoms with Crippen LogP contribution in [0.25, 0.3) is 0 Å². The van der Waals surface area contributed by atoms with Gasteiger partial charge in [0.05, 0.1) is 23.5 Å². The predicted octanol–water partition coefficient (Wildman–Crippen LogP) is 3.72. The van der Waals surface area contributed by atoms with Gasteiger partial charge in [0.1, 0.15) is 5.82 Å². The van der Waals surface area contributed by atoms with Crippen molar-refractivity contribution in [3.8, 4) is 5.88 Å². The molecule has 0 saturated heterocycles. The molecular weight excluding hydrogens is 273 g/mol. The van der Waals surface area contributed by atoms with Gasteiger partial charge in [-0.25, -0.2) is 0 Å². The van der Waals surface area contributed by atoms with Gasteiger partial charge >= 0.3 is 0 Å². The zero-order valence-corrected chi connectivity index (χ0v) is 11.1. The van der Waals surface area contributed by atoms with Gasteiger partial charge in [0, 0.05) is 5.02 Å². The lowest BCUT2D eigenvalue weighted by Gasteiger charge is -2.10. The number of halogens is 2. The summed E-state index contributed by atoms with van der Waals surface area (Å²) in [5, 5.41) is 4.16. The molecule has 0 bridgehead atoms. The van der Waals surface area contributed by atoms with Crippen molar-refractivity contribution < 1.29 is 4.74 Å². The Balaban J connectivity index is 2.28. The molecule has 0 amide bonds. The zero-order valence-electron chi connectivity index (χ0n) is 9.58. The molecule has 0 spiro atoms. The Morgan fingerprint density at radius 1 is 1.22 bits per heavy atom. The summed E-state index contributed by atoms with van der Waals surface area (Å²) in [6.07, 6.45) is 0. The van der Waals surface area contributed by atoms with Crippen LogP contribution in [0.5, 0.6) is 5.88 Å². The largest absolute Gasteiger partial charge is 0.479 e. The zero-order chi connectivity index (χ0) is 13.1. The molecule has 0 aliphatic carbocycles. The molecule has 4 nitrogen and oxygen atoms in total. The molecular formula is C12H11Cl2N3O. The maximum absolute atomic E-state index is 6.05. The fourth-order valence-corrected chi connectivity index (χ4v) is 1.87. The minimum Gasteiger partial charge on any atom is -0.479 e. The van der Waals surface area contributed by atoms with E-state index in [4.69, 9.17) is 33.7 Å². The van der Waals surface area contributed by atoms with Gasteiger partial charge in [-0.2, -0.15) is 4.98 Å². The van der Waals surface area contributed by atoms with Crippen LogP contribution in [-0.4, -0.2) is 12.1 Å². The predicted molar refractivity (Wildman–Crippen MR) is 74.9 cm³/mol. The highest BCUT2D eigenvalue weighted by Crippen LogP contribution is 2.29. The highest BCUT2D eigenvalue weighted by Gasteiger charge is 2.05. The fourth-order valence-electron chi connectivity index (χ4n) is 1.41. The van der Waals surface area contributed by atoms with Crippen molar-refractivity contribution in [3.63, 3.8) is 0 Å². The monoisotopic (exact) mass is 283 g/mol. The Hall–Kier alpha value is -1.65. The first-order chi connectivity index (χ1) is 8.60. The molecule has 1 aromatic carbocycles. The Morgan fingerprint density at radius 2 is 2.00 bits per heavy atom. The molecule has 0 radical (unpaired) electrons. The average molecular weight is 284 g/mol. The molecule has 0 fully saturated rings. The number of aromatic nitrogens is 1. The van der Waals surface area contributed by atoms with Gasteiger partial charge < -0.3 is 15.8 Å². The Labute approximate surface area is 115 Å². The van der Waals surface area contributed by atoms with Crippen LogP contribution < -0.4 is 15.8 Å². The van der Waals surface area contributed by atoms with Crippen molar-refractivity contribution >= 4 is 40.4 Å². The molecule has 2 aromatic rings. The molecule has 94 valence electrons. The minimum absolute atomic E-state index is 0.366. The summed E-state index contributed by atoms with van der Waals surface area (Å²) in [7, 11) is 1.51. The minimum atomic E-state index is 0.366. The van der Waals surface area contributed by atoms with Crippen molar-refractivity contribution in [3.05, 3.63) is 40.4 Å². The van der Waals surface area contributed by atoms with E-state index in [0.29, 0.717) is 33.1 Å². The van der Waals surface area contributed by atoms with Crippen LogP contribution >= 0.6 is 23.2 Å². The van der Waals surface area contributed by atoms with Gasteiger partial charge in [-0.05, 0) is 30.3 Å². The number of hydrogen-bond donors (Lipinski definition) is 2. The van der Waals surface area contributed by atoms with E-state index in [9.17, 15) is 0 Å². The number of anilines is 3. The number of hydrogen-bond acceptors (Lipinski definition) is 4. The molecule has 3 N–H and O–H groups in total. The van der Waals surface area contributed by atoms with E-state index in [1.807, 2.05) is 0 Å². The van der Waals surface area contributed by atoms with Gasteiger partial charge in [-0.1, -0.05) is 23.2 Å². The molecule has 6 heteroatoms. The molecule has 0 aliphatic rings. The van der Waals surface area contributed by atoms with Crippen LogP contribution in [0.1, 0.15) is 0 Å². The van der Waals surface area contributed by atoms with Crippen molar-refractivity contribution in [1.29, 1.82) is 0 Å². The van der Waals surface area contributed by atoms with Gasteiger partial charge in [0.15, 0.2) is 0 Å². The van der Waals surface area contributed by atoms with E-state index >= 15 is 0 Å². The van der Waals surface area contributed by atoms with E-state index in [0.717, 1.165) is 0 Å². The lowest BCUT2D eigenvalue weighted by molar-refractivity contribution is 0.401. The molecule has 2 rings (SSSR count). The number of nitrogen functional groups attached to an aromatic ring is 1. The number of methoxy groups -OCH3 is 1. The number of nitrogens with one attached hydrogen (secondary N) is 1. The standard InChI is InChI=1S/C12H11Cl2N3O/c1-18-12-9(15)3-5-11(17-12)16-10-4-2-7(13)6-8(10)14/h2-6H,15H2,1H3,(H,16,17). The number of ether oxygens (including phenoxy) is 1. The van der Waals surface area contributed by atoms with Crippen LogP contribution in [0.4, 0.5) is 17.2 Å². The molecule has 18 heavy (non-hydrogen) atoms. The van der Waals surface area contributed by atoms with Crippen LogP contribution in [0.3, 0.4) is 0 Å². The number of nitrogens with two attached hydrogens (primary N) is 1. The first-order valence-corrected chi connectivity index (χ1v) is 5.88. The molecule has 0 aliphatic heterocycles. The highest BCUT2D eigenvalue weighted by atomic mass is 35.5. The Morgan fingerprint density at radius 3 is 2.67 bits per heavy atom. The maximum Gasteiger partial charge on any atom is 0.238 e. The quantitative estimate of drug-likeness (QED) is 0.901. The first kappa shape index (κ1) is 12.8. The van der Waals surface area contributed by atoms with Crippen LogP contribution in [0, 0.1) is 0 Å². The normalized spacial score (nSPS) is 10.2. The third-order valence-electron chi connectivity index (χ3n) is 2.28. The molecule has 0 atom stereocenters. The SMILES string of the molecule is COc1nc(Nc2ccc(Cl)cc2Cl)ccc1N. The molecule has 0 saturated carbocycles. The summed E-state index contributed by atoms with van der Waals surface area (Å²) in [4.78, 5) is 4.20. The third-order valence-corrected chi connectivity index (χ3v) is 2.82. The second-order valence-electron chi connectivity index (χ2n) is 3.54. The number of benzene rings is 1. The Kier molecular flexibility index (Phi) is 3.79. The van der Waals surface area contributed by atoms with Crippen LogP contribution in [0.15, 0.2) is 30.3 Å². The summed E-state index contributed by atoms with van der Waals surface area (Å²) in [5.41, 5.74) is 6.87. The summed E-state index contributed by atoms with van der Waals surface area (Å²) >= 11 is 11.9. The second-order valence-corrected chi connectivity index (χ2v) is 4.39. The lowest BCUT2D eigenvalue weighted by atomic mass is 10.3.